The second-order valence-electron chi connectivity index (χ2n) is 6.13. The highest BCUT2D eigenvalue weighted by atomic mass is 16.5. The lowest BCUT2D eigenvalue weighted by atomic mass is 9.91. The van der Waals surface area contributed by atoms with E-state index in [0.717, 1.165) is 24.2 Å². The molecular formula is C16H25NO2. The lowest BCUT2D eigenvalue weighted by Gasteiger charge is -2.18. The zero-order valence-corrected chi connectivity index (χ0v) is 12.7. The highest BCUT2D eigenvalue weighted by Gasteiger charge is 2.10. The average Bonchev–Trinajstić information content (AvgIpc) is 2.32. The summed E-state index contributed by atoms with van der Waals surface area (Å²) in [6, 6.07) is 5.62. The van der Waals surface area contributed by atoms with Gasteiger partial charge in [0.05, 0.1) is 6.61 Å². The summed E-state index contributed by atoms with van der Waals surface area (Å²) in [6.07, 6.45) is 2.15. The van der Waals surface area contributed by atoms with E-state index in [0.29, 0.717) is 17.6 Å². The van der Waals surface area contributed by atoms with E-state index in [9.17, 15) is 4.79 Å². The van der Waals surface area contributed by atoms with E-state index in [1.807, 2.05) is 19.1 Å². The second-order valence-corrected chi connectivity index (χ2v) is 6.13. The van der Waals surface area contributed by atoms with E-state index >= 15 is 0 Å². The standard InChI is InChI=1S/C16H25NO2/c1-12-9-13(15(18)17-5)11-14(10-12)19-8-6-7-16(2,3)4/h9-11H,6-8H2,1-5H3,(H,17,18). The van der Waals surface area contributed by atoms with E-state index in [1.165, 1.54) is 0 Å². The van der Waals surface area contributed by atoms with Crippen LogP contribution < -0.4 is 10.1 Å². The number of ether oxygens (including phenoxy) is 1. The number of hydrogen-bond donors (Lipinski definition) is 1. The second kappa shape index (κ2) is 6.60. The minimum Gasteiger partial charge on any atom is -0.494 e. The maximum absolute atomic E-state index is 11.6. The zero-order chi connectivity index (χ0) is 14.5. The predicted molar refractivity (Wildman–Crippen MR) is 78.8 cm³/mol. The molecule has 106 valence electrons. The minimum atomic E-state index is -0.0803. The summed E-state index contributed by atoms with van der Waals surface area (Å²) >= 11 is 0. The van der Waals surface area contributed by atoms with Gasteiger partial charge in [-0.1, -0.05) is 20.8 Å². The number of benzene rings is 1. The summed E-state index contributed by atoms with van der Waals surface area (Å²) in [7, 11) is 1.63. The van der Waals surface area contributed by atoms with Crippen LogP contribution >= 0.6 is 0 Å². The Morgan fingerprint density at radius 2 is 1.95 bits per heavy atom. The Bertz CT molecular complexity index is 433. The number of carbonyl (C=O) groups excluding carboxylic acids is 1. The third-order valence-electron chi connectivity index (χ3n) is 2.88. The van der Waals surface area contributed by atoms with Crippen molar-refractivity contribution >= 4 is 5.91 Å². The van der Waals surface area contributed by atoms with Gasteiger partial charge in [0, 0.05) is 12.6 Å². The van der Waals surface area contributed by atoms with Crippen molar-refractivity contribution in [1.82, 2.24) is 5.32 Å². The molecule has 0 bridgehead atoms. The maximum Gasteiger partial charge on any atom is 0.251 e. The molecule has 0 fully saturated rings. The number of rotatable bonds is 5. The van der Waals surface area contributed by atoms with Crippen LogP contribution in [-0.2, 0) is 0 Å². The molecule has 0 aliphatic rings. The SMILES string of the molecule is CNC(=O)c1cc(C)cc(OCCCC(C)(C)C)c1. The van der Waals surface area contributed by atoms with E-state index in [2.05, 4.69) is 26.1 Å². The van der Waals surface area contributed by atoms with E-state index in [-0.39, 0.29) is 5.91 Å². The van der Waals surface area contributed by atoms with Crippen LogP contribution in [-0.4, -0.2) is 19.6 Å². The van der Waals surface area contributed by atoms with Crippen molar-refractivity contribution in [2.75, 3.05) is 13.7 Å². The van der Waals surface area contributed by atoms with Crippen LogP contribution in [0.15, 0.2) is 18.2 Å². The zero-order valence-electron chi connectivity index (χ0n) is 12.7. The van der Waals surface area contributed by atoms with Crippen LogP contribution in [0.3, 0.4) is 0 Å². The highest BCUT2D eigenvalue weighted by Crippen LogP contribution is 2.21. The van der Waals surface area contributed by atoms with Gasteiger partial charge in [-0.2, -0.15) is 0 Å². The van der Waals surface area contributed by atoms with E-state index in [4.69, 9.17) is 4.74 Å². The van der Waals surface area contributed by atoms with Gasteiger partial charge in [0.1, 0.15) is 5.75 Å². The molecule has 0 atom stereocenters. The van der Waals surface area contributed by atoms with Gasteiger partial charge < -0.3 is 10.1 Å². The Balaban J connectivity index is 2.59. The first-order valence-electron chi connectivity index (χ1n) is 6.78. The fourth-order valence-corrected chi connectivity index (χ4v) is 1.90. The Morgan fingerprint density at radius 3 is 2.53 bits per heavy atom. The van der Waals surface area contributed by atoms with Crippen molar-refractivity contribution in [3.8, 4) is 5.75 Å². The number of amides is 1. The van der Waals surface area contributed by atoms with E-state index in [1.54, 1.807) is 13.1 Å². The van der Waals surface area contributed by atoms with Gasteiger partial charge in [0.2, 0.25) is 0 Å². The average molecular weight is 263 g/mol. The molecule has 19 heavy (non-hydrogen) atoms. The largest absolute Gasteiger partial charge is 0.494 e. The smallest absolute Gasteiger partial charge is 0.251 e. The predicted octanol–water partition coefficient (Wildman–Crippen LogP) is 3.56. The van der Waals surface area contributed by atoms with Crippen molar-refractivity contribution in [1.29, 1.82) is 0 Å². The van der Waals surface area contributed by atoms with Crippen molar-refractivity contribution < 1.29 is 9.53 Å². The van der Waals surface area contributed by atoms with Gasteiger partial charge in [0.25, 0.3) is 5.91 Å². The van der Waals surface area contributed by atoms with Crippen LogP contribution in [0.5, 0.6) is 5.75 Å². The fourth-order valence-electron chi connectivity index (χ4n) is 1.90. The lowest BCUT2D eigenvalue weighted by Crippen LogP contribution is -2.18. The Morgan fingerprint density at radius 1 is 1.26 bits per heavy atom. The molecule has 0 aliphatic carbocycles. The molecule has 0 unspecified atom stereocenters. The third kappa shape index (κ3) is 5.77. The molecule has 1 aromatic carbocycles. The van der Waals surface area contributed by atoms with Crippen molar-refractivity contribution in [2.45, 2.75) is 40.5 Å². The van der Waals surface area contributed by atoms with Crippen molar-refractivity contribution in [3.63, 3.8) is 0 Å². The van der Waals surface area contributed by atoms with E-state index < -0.39 is 0 Å². The lowest BCUT2D eigenvalue weighted by molar-refractivity contribution is 0.0962. The van der Waals surface area contributed by atoms with Crippen LogP contribution in [0.1, 0.15) is 49.5 Å². The van der Waals surface area contributed by atoms with Crippen LogP contribution in [0.4, 0.5) is 0 Å². The molecule has 3 heteroatoms. The van der Waals surface area contributed by atoms with Crippen LogP contribution in [0.2, 0.25) is 0 Å². The minimum absolute atomic E-state index is 0.0803. The maximum atomic E-state index is 11.6. The molecule has 0 saturated carbocycles. The summed E-state index contributed by atoms with van der Waals surface area (Å²) in [5, 5.41) is 2.63. The van der Waals surface area contributed by atoms with Crippen molar-refractivity contribution in [2.24, 2.45) is 5.41 Å². The Labute approximate surface area is 116 Å². The first-order chi connectivity index (χ1) is 8.81. The quantitative estimate of drug-likeness (QED) is 0.825. The van der Waals surface area contributed by atoms with Gasteiger partial charge in [-0.25, -0.2) is 0 Å². The monoisotopic (exact) mass is 263 g/mol. The molecule has 0 aromatic heterocycles. The summed E-state index contributed by atoms with van der Waals surface area (Å²) in [5.74, 6) is 0.691. The topological polar surface area (TPSA) is 38.3 Å². The van der Waals surface area contributed by atoms with Gasteiger partial charge in [0.15, 0.2) is 0 Å². The van der Waals surface area contributed by atoms with Crippen LogP contribution in [0.25, 0.3) is 0 Å². The number of carbonyl (C=O) groups is 1. The van der Waals surface area contributed by atoms with Gasteiger partial charge >= 0.3 is 0 Å². The summed E-state index contributed by atoms with van der Waals surface area (Å²) < 4.78 is 5.74. The number of aryl methyl sites for hydroxylation is 1. The van der Waals surface area contributed by atoms with Crippen LogP contribution in [0, 0.1) is 12.3 Å². The molecular weight excluding hydrogens is 238 g/mol. The number of hydrogen-bond acceptors (Lipinski definition) is 2. The molecule has 3 nitrogen and oxygen atoms in total. The molecule has 1 N–H and O–H groups in total. The van der Waals surface area contributed by atoms with Gasteiger partial charge in [-0.3, -0.25) is 4.79 Å². The van der Waals surface area contributed by atoms with Gasteiger partial charge in [-0.05, 0) is 48.9 Å². The molecule has 0 heterocycles. The molecule has 0 radical (unpaired) electrons. The summed E-state index contributed by atoms with van der Waals surface area (Å²) in [4.78, 5) is 11.6. The van der Waals surface area contributed by atoms with Gasteiger partial charge in [-0.15, -0.1) is 0 Å². The molecule has 1 amide bonds. The summed E-state index contributed by atoms with van der Waals surface area (Å²) in [6.45, 7) is 9.33. The first-order valence-corrected chi connectivity index (χ1v) is 6.78. The Kier molecular flexibility index (Phi) is 5.40. The fraction of sp³-hybridized carbons (Fsp3) is 0.562. The molecule has 0 spiro atoms. The molecule has 1 rings (SSSR count). The highest BCUT2D eigenvalue weighted by molar-refractivity contribution is 5.94. The normalized spacial score (nSPS) is 11.2. The first kappa shape index (κ1) is 15.5. The number of nitrogens with one attached hydrogen (secondary N) is 1. The summed E-state index contributed by atoms with van der Waals surface area (Å²) in [5.41, 5.74) is 2.02. The molecule has 0 aliphatic heterocycles. The van der Waals surface area contributed by atoms with Crippen molar-refractivity contribution in [3.05, 3.63) is 29.3 Å². The third-order valence-corrected chi connectivity index (χ3v) is 2.88. The Hall–Kier alpha value is -1.51. The molecule has 1 aromatic rings. The molecule has 0 saturated heterocycles.